The van der Waals surface area contributed by atoms with Crippen LogP contribution in [-0.2, 0) is 28.4 Å². The third-order valence-corrected chi connectivity index (χ3v) is 9.09. The highest BCUT2D eigenvalue weighted by Crippen LogP contribution is 2.59. The molecule has 4 heterocycles. The standard InChI is InChI=1S/C29H45N3O9/c1-6-15-37-25(33)30-11-13-31(14-12-30)26(34)39-20-16-32(17-20)27(35)40-21-9-10-29(18-38-29)24(23(21)36-5)28(4)22(41-28)8-7-19(2)3/h7,20-24H,6,8-18H2,1-5H3/t21-,22-,23-,24-,28+,29+/m1/s1. The summed E-state index contributed by atoms with van der Waals surface area (Å²) in [6.07, 6.45) is 2.94. The van der Waals surface area contributed by atoms with Crippen molar-refractivity contribution < 1.29 is 42.8 Å². The number of allylic oxidation sites excluding steroid dienone is 1. The molecule has 0 aromatic heterocycles. The van der Waals surface area contributed by atoms with Crippen molar-refractivity contribution in [1.29, 1.82) is 0 Å². The molecule has 5 rings (SSSR count). The molecule has 230 valence electrons. The number of nitrogens with zero attached hydrogens (tertiary/aromatic N) is 3. The molecular formula is C29H45N3O9. The maximum Gasteiger partial charge on any atom is 0.410 e. The van der Waals surface area contributed by atoms with E-state index in [0.717, 1.165) is 19.3 Å². The Balaban J connectivity index is 1.08. The van der Waals surface area contributed by atoms with Crippen LogP contribution in [0.4, 0.5) is 14.4 Å². The van der Waals surface area contributed by atoms with Crippen LogP contribution in [0.2, 0.25) is 0 Å². The summed E-state index contributed by atoms with van der Waals surface area (Å²) in [5.74, 6) is -0.0406. The van der Waals surface area contributed by atoms with Gasteiger partial charge >= 0.3 is 18.3 Å². The Labute approximate surface area is 242 Å². The highest BCUT2D eigenvalue weighted by atomic mass is 16.6. The fourth-order valence-corrected chi connectivity index (χ4v) is 6.51. The quantitative estimate of drug-likeness (QED) is 0.242. The lowest BCUT2D eigenvalue weighted by atomic mass is 9.68. The van der Waals surface area contributed by atoms with Gasteiger partial charge in [-0.15, -0.1) is 0 Å². The first kappa shape index (κ1) is 29.9. The highest BCUT2D eigenvalue weighted by molar-refractivity contribution is 5.72. The van der Waals surface area contributed by atoms with Crippen LogP contribution in [0.1, 0.15) is 53.4 Å². The summed E-state index contributed by atoms with van der Waals surface area (Å²) >= 11 is 0. The van der Waals surface area contributed by atoms with Gasteiger partial charge in [0.25, 0.3) is 0 Å². The van der Waals surface area contributed by atoms with Crippen LogP contribution in [0.5, 0.6) is 0 Å². The molecule has 6 atom stereocenters. The molecule has 41 heavy (non-hydrogen) atoms. The van der Waals surface area contributed by atoms with Crippen LogP contribution in [0.25, 0.3) is 0 Å². The van der Waals surface area contributed by atoms with E-state index in [1.54, 1.807) is 21.8 Å². The third kappa shape index (κ3) is 6.29. The Bertz CT molecular complexity index is 1020. The van der Waals surface area contributed by atoms with Crippen molar-refractivity contribution in [1.82, 2.24) is 14.7 Å². The largest absolute Gasteiger partial charge is 0.449 e. The van der Waals surface area contributed by atoms with Gasteiger partial charge in [0, 0.05) is 33.3 Å². The van der Waals surface area contributed by atoms with Crippen LogP contribution in [0.3, 0.4) is 0 Å². The Morgan fingerprint density at radius 2 is 1.61 bits per heavy atom. The molecule has 0 radical (unpaired) electrons. The minimum Gasteiger partial charge on any atom is -0.449 e. The minimum atomic E-state index is -0.436. The van der Waals surface area contributed by atoms with E-state index in [1.165, 1.54) is 5.57 Å². The van der Waals surface area contributed by atoms with Gasteiger partial charge < -0.3 is 43.1 Å². The number of likely N-dealkylation sites (tertiary alicyclic amines) is 1. The molecular weight excluding hydrogens is 534 g/mol. The summed E-state index contributed by atoms with van der Waals surface area (Å²) in [5, 5.41) is 0. The molecule has 1 aliphatic carbocycles. The number of amides is 3. The smallest absolute Gasteiger partial charge is 0.410 e. The zero-order valence-corrected chi connectivity index (χ0v) is 25.0. The lowest BCUT2D eigenvalue weighted by Gasteiger charge is -2.44. The molecule has 4 saturated heterocycles. The van der Waals surface area contributed by atoms with Gasteiger partial charge in [-0.05, 0) is 46.5 Å². The summed E-state index contributed by atoms with van der Waals surface area (Å²) in [5.41, 5.74) is 0.575. The molecule has 0 aromatic carbocycles. The van der Waals surface area contributed by atoms with E-state index in [0.29, 0.717) is 45.8 Å². The highest BCUT2D eigenvalue weighted by Gasteiger charge is 2.72. The SMILES string of the molecule is CCCOC(=O)N1CCN(C(=O)OC2CN(C(=O)O[C@@H]3CC[C@]4(CO4)[C@@H]([C@@]4(C)O[C@@H]4CC=C(C)C)[C@@H]3OC)C2)CC1. The van der Waals surface area contributed by atoms with Crippen molar-refractivity contribution in [2.24, 2.45) is 5.92 Å². The second-order valence-corrected chi connectivity index (χ2v) is 12.3. The molecule has 1 saturated carbocycles. The normalized spacial score (nSPS) is 34.5. The Morgan fingerprint density at radius 3 is 2.20 bits per heavy atom. The number of rotatable bonds is 8. The predicted molar refractivity (Wildman–Crippen MR) is 146 cm³/mol. The van der Waals surface area contributed by atoms with Gasteiger partial charge in [0.1, 0.15) is 29.5 Å². The average Bonchev–Trinajstić information content (AvgIpc) is 3.85. The number of hydrogen-bond acceptors (Lipinski definition) is 9. The fraction of sp³-hybridized carbons (Fsp3) is 0.828. The van der Waals surface area contributed by atoms with Gasteiger partial charge in [-0.1, -0.05) is 18.6 Å². The molecule has 5 aliphatic rings. The number of piperazine rings is 1. The van der Waals surface area contributed by atoms with Gasteiger partial charge in [0.2, 0.25) is 0 Å². The van der Waals surface area contributed by atoms with Crippen LogP contribution in [0, 0.1) is 5.92 Å². The third-order valence-electron chi connectivity index (χ3n) is 9.09. The number of ether oxygens (including phenoxy) is 6. The molecule has 12 nitrogen and oxygen atoms in total. The fourth-order valence-electron chi connectivity index (χ4n) is 6.51. The monoisotopic (exact) mass is 579 g/mol. The number of carbonyl (C=O) groups excluding carboxylic acids is 3. The maximum absolute atomic E-state index is 13.0. The van der Waals surface area contributed by atoms with Gasteiger partial charge in [0.15, 0.2) is 0 Å². The first-order chi connectivity index (χ1) is 19.6. The topological polar surface area (TPSA) is 123 Å². The van der Waals surface area contributed by atoms with Crippen molar-refractivity contribution >= 4 is 18.3 Å². The zero-order valence-electron chi connectivity index (χ0n) is 25.0. The van der Waals surface area contributed by atoms with Gasteiger partial charge in [-0.2, -0.15) is 0 Å². The number of hydrogen-bond donors (Lipinski definition) is 0. The summed E-state index contributed by atoms with van der Waals surface area (Å²) in [4.78, 5) is 42.4. The molecule has 0 N–H and O–H groups in total. The molecule has 0 unspecified atom stereocenters. The lowest BCUT2D eigenvalue weighted by molar-refractivity contribution is -0.126. The Hall–Kier alpha value is -2.57. The van der Waals surface area contributed by atoms with Gasteiger partial charge in [-0.25, -0.2) is 14.4 Å². The lowest BCUT2D eigenvalue weighted by Crippen LogP contribution is -2.60. The summed E-state index contributed by atoms with van der Waals surface area (Å²) in [6.45, 7) is 11.4. The molecule has 1 spiro atoms. The van der Waals surface area contributed by atoms with Crippen LogP contribution < -0.4 is 0 Å². The first-order valence-electron chi connectivity index (χ1n) is 14.9. The average molecular weight is 580 g/mol. The molecule has 0 bridgehead atoms. The van der Waals surface area contributed by atoms with Crippen molar-refractivity contribution in [3.8, 4) is 0 Å². The van der Waals surface area contributed by atoms with E-state index in [1.807, 2.05) is 6.92 Å². The second kappa shape index (κ2) is 12.0. The molecule has 0 aromatic rings. The van der Waals surface area contributed by atoms with Crippen molar-refractivity contribution in [2.75, 3.05) is 59.6 Å². The minimum absolute atomic E-state index is 0.0406. The predicted octanol–water partition coefficient (Wildman–Crippen LogP) is 3.18. The maximum atomic E-state index is 13.0. The van der Waals surface area contributed by atoms with Crippen LogP contribution in [0.15, 0.2) is 11.6 Å². The summed E-state index contributed by atoms with van der Waals surface area (Å²) in [7, 11) is 1.66. The van der Waals surface area contributed by atoms with Crippen LogP contribution >= 0.6 is 0 Å². The van der Waals surface area contributed by atoms with E-state index in [-0.39, 0.29) is 42.9 Å². The molecule has 5 fully saturated rings. The summed E-state index contributed by atoms with van der Waals surface area (Å²) in [6, 6.07) is 0. The van der Waals surface area contributed by atoms with E-state index < -0.39 is 30.0 Å². The number of epoxide rings is 2. The van der Waals surface area contributed by atoms with E-state index in [2.05, 4.69) is 26.8 Å². The summed E-state index contributed by atoms with van der Waals surface area (Å²) < 4.78 is 34.9. The Morgan fingerprint density at radius 1 is 0.976 bits per heavy atom. The van der Waals surface area contributed by atoms with Gasteiger partial charge in [0.05, 0.1) is 38.3 Å². The molecule has 4 aliphatic heterocycles. The van der Waals surface area contributed by atoms with E-state index in [9.17, 15) is 14.4 Å². The number of carbonyl (C=O) groups is 3. The Kier molecular flexibility index (Phi) is 8.73. The molecule has 3 amide bonds. The van der Waals surface area contributed by atoms with Crippen molar-refractivity contribution in [3.63, 3.8) is 0 Å². The first-order valence-corrected chi connectivity index (χ1v) is 14.9. The van der Waals surface area contributed by atoms with Crippen molar-refractivity contribution in [2.45, 2.75) is 89.0 Å². The van der Waals surface area contributed by atoms with Crippen molar-refractivity contribution in [3.05, 3.63) is 11.6 Å². The van der Waals surface area contributed by atoms with Crippen LogP contribution in [-0.4, -0.2) is 128 Å². The molecule has 12 heteroatoms. The number of methoxy groups -OCH3 is 1. The van der Waals surface area contributed by atoms with E-state index >= 15 is 0 Å². The van der Waals surface area contributed by atoms with Gasteiger partial charge in [-0.3, -0.25) is 0 Å². The van der Waals surface area contributed by atoms with E-state index in [4.69, 9.17) is 28.4 Å². The zero-order chi connectivity index (χ0) is 29.4. The second-order valence-electron chi connectivity index (χ2n) is 12.3.